The molecule has 1 fully saturated rings. The first-order valence-corrected chi connectivity index (χ1v) is 22.5. The van der Waals surface area contributed by atoms with E-state index < -0.39 is 48.3 Å². The normalized spacial score (nSPS) is 18.0. The minimum absolute atomic E-state index is 0.000201. The van der Waals surface area contributed by atoms with Gasteiger partial charge in [-0.05, 0) is 81.4 Å². The summed E-state index contributed by atoms with van der Waals surface area (Å²) in [6.45, 7) is 16.9. The van der Waals surface area contributed by atoms with Crippen molar-refractivity contribution >= 4 is 40.9 Å². The second-order valence-electron chi connectivity index (χ2n) is 17.8. The van der Waals surface area contributed by atoms with E-state index in [-0.39, 0.29) is 60.1 Å². The third-order valence-corrected chi connectivity index (χ3v) is 12.4. The average molecular weight is 864 g/mol. The summed E-state index contributed by atoms with van der Waals surface area (Å²) < 4.78 is 12.1. The fourth-order valence-electron chi connectivity index (χ4n) is 8.88. The Balaban J connectivity index is 1.81. The second kappa shape index (κ2) is 24.9. The van der Waals surface area contributed by atoms with E-state index in [0.717, 1.165) is 30.6 Å². The molecule has 0 saturated carbocycles. The van der Waals surface area contributed by atoms with Crippen LogP contribution in [0.25, 0.3) is 0 Å². The van der Waals surface area contributed by atoms with Gasteiger partial charge in [0.15, 0.2) is 0 Å². The summed E-state index contributed by atoms with van der Waals surface area (Å²) in [6, 6.07) is 14.0. The highest BCUT2D eigenvalue weighted by Gasteiger charge is 2.43. The van der Waals surface area contributed by atoms with E-state index in [0.29, 0.717) is 18.7 Å². The molecular weight excluding hydrogens is 787 g/mol. The third-order valence-electron chi connectivity index (χ3n) is 12.4. The smallest absolute Gasteiger partial charge is 0.247 e. The van der Waals surface area contributed by atoms with E-state index in [9.17, 15) is 24.0 Å². The van der Waals surface area contributed by atoms with Crippen LogP contribution in [-0.4, -0.2) is 135 Å². The molecule has 0 bridgehead atoms. The SMILES string of the molecule is CCNc1ccc(NC(=O)[C@H](Cc2ccccc2)NC(=O)[C@H](C)[C@@H](OC)[C@@H]2CCCN2C(=O)C[C@@H](OC)[C@H]([C@@H](C)CC)N(C)C(=O)[C@@H](NC(=O)[C@H](C(C)C)N(C)C)C(C)C)cc1. The highest BCUT2D eigenvalue weighted by atomic mass is 16.5. The van der Waals surface area contributed by atoms with Crippen LogP contribution in [0, 0.1) is 23.7 Å². The number of hydrogen-bond donors (Lipinski definition) is 4. The monoisotopic (exact) mass is 864 g/mol. The van der Waals surface area contributed by atoms with Crippen molar-refractivity contribution in [3.63, 3.8) is 0 Å². The standard InChI is InChI=1S/C48H77N7O7/c1-14-32(7)43(54(11)48(60)41(30(3)4)52-47(59)42(31(5)6)53(9)10)39(61-12)29-40(56)55-27-19-22-38(55)44(62-13)33(8)45(57)51-37(28-34-20-17-16-18-21-34)46(58)50-36-25-23-35(24-26-36)49-15-2/h16-18,20-21,23-26,30-33,37-39,41-44,49H,14-15,19,22,27-29H2,1-13H3,(H,50,58)(H,51,57)(H,52,59)/t32-,33+,37-,38-,39+,41-,42-,43-,44+/m0/s1. The summed E-state index contributed by atoms with van der Waals surface area (Å²) in [5, 5.41) is 12.3. The molecule has 1 heterocycles. The summed E-state index contributed by atoms with van der Waals surface area (Å²) in [7, 11) is 8.55. The van der Waals surface area contributed by atoms with Gasteiger partial charge in [-0.15, -0.1) is 0 Å². The van der Waals surface area contributed by atoms with Crippen LogP contribution in [0.3, 0.4) is 0 Å². The van der Waals surface area contributed by atoms with Gasteiger partial charge in [0.05, 0.1) is 42.7 Å². The van der Waals surface area contributed by atoms with Crippen molar-refractivity contribution < 1.29 is 33.4 Å². The Morgan fingerprint density at radius 3 is 1.95 bits per heavy atom. The van der Waals surface area contributed by atoms with E-state index in [1.54, 1.807) is 38.0 Å². The summed E-state index contributed by atoms with van der Waals surface area (Å²) in [6.07, 6.45) is 1.03. The molecule has 14 nitrogen and oxygen atoms in total. The van der Waals surface area contributed by atoms with Gasteiger partial charge in [0.2, 0.25) is 29.5 Å². The molecule has 1 aliphatic rings. The van der Waals surface area contributed by atoms with Gasteiger partial charge < -0.3 is 40.5 Å². The Morgan fingerprint density at radius 1 is 0.790 bits per heavy atom. The fourth-order valence-corrected chi connectivity index (χ4v) is 8.88. The number of methoxy groups -OCH3 is 2. The van der Waals surface area contributed by atoms with Gasteiger partial charge >= 0.3 is 0 Å². The predicted molar refractivity (Wildman–Crippen MR) is 247 cm³/mol. The zero-order valence-electron chi connectivity index (χ0n) is 39.7. The van der Waals surface area contributed by atoms with Crippen molar-refractivity contribution in [3.8, 4) is 0 Å². The van der Waals surface area contributed by atoms with Crippen LogP contribution in [0.5, 0.6) is 0 Å². The lowest BCUT2D eigenvalue weighted by molar-refractivity contribution is -0.148. The summed E-state index contributed by atoms with van der Waals surface area (Å²) >= 11 is 0. The molecule has 0 radical (unpaired) electrons. The lowest BCUT2D eigenvalue weighted by Crippen LogP contribution is -2.59. The molecular formula is C48H77N7O7. The van der Waals surface area contributed by atoms with Gasteiger partial charge in [-0.25, -0.2) is 0 Å². The number of anilines is 2. The highest BCUT2D eigenvalue weighted by molar-refractivity contribution is 5.98. The zero-order chi connectivity index (χ0) is 46.3. The Labute approximate surface area is 371 Å². The predicted octanol–water partition coefficient (Wildman–Crippen LogP) is 5.43. The van der Waals surface area contributed by atoms with Crippen LogP contribution in [0.1, 0.15) is 86.6 Å². The largest absolute Gasteiger partial charge is 0.385 e. The molecule has 0 aliphatic carbocycles. The van der Waals surface area contributed by atoms with E-state index in [4.69, 9.17) is 9.47 Å². The lowest BCUT2D eigenvalue weighted by atomic mass is 9.89. The van der Waals surface area contributed by atoms with Crippen molar-refractivity contribution in [1.29, 1.82) is 0 Å². The maximum atomic E-state index is 14.4. The average Bonchev–Trinajstić information content (AvgIpc) is 3.72. The van der Waals surface area contributed by atoms with Gasteiger partial charge in [0, 0.05) is 52.2 Å². The molecule has 1 aliphatic heterocycles. The molecule has 3 rings (SSSR count). The van der Waals surface area contributed by atoms with Crippen LogP contribution < -0.4 is 21.3 Å². The molecule has 2 aromatic rings. The lowest BCUT2D eigenvalue weighted by Gasteiger charge is -2.41. The first-order chi connectivity index (χ1) is 29.4. The summed E-state index contributed by atoms with van der Waals surface area (Å²) in [4.78, 5) is 75.5. The van der Waals surface area contributed by atoms with Gasteiger partial charge in [-0.2, -0.15) is 0 Å². The molecule has 2 aromatic carbocycles. The second-order valence-corrected chi connectivity index (χ2v) is 17.8. The zero-order valence-corrected chi connectivity index (χ0v) is 39.7. The quantitative estimate of drug-likeness (QED) is 0.108. The number of carbonyl (C=O) groups is 5. The number of amides is 5. The molecule has 0 spiro atoms. The number of likely N-dealkylation sites (N-methyl/N-ethyl adjacent to an activating group) is 2. The number of nitrogens with one attached hydrogen (secondary N) is 4. The number of rotatable bonds is 24. The van der Waals surface area contributed by atoms with Crippen molar-refractivity contribution in [1.82, 2.24) is 25.3 Å². The van der Waals surface area contributed by atoms with Crippen molar-refractivity contribution in [2.45, 2.75) is 130 Å². The van der Waals surface area contributed by atoms with Crippen LogP contribution in [-0.2, 0) is 39.9 Å². The Bertz CT molecular complexity index is 1720. The van der Waals surface area contributed by atoms with Crippen LogP contribution in [0.15, 0.2) is 54.6 Å². The molecule has 0 unspecified atom stereocenters. The number of ether oxygens (including phenoxy) is 2. The number of nitrogens with zero attached hydrogens (tertiary/aromatic N) is 3. The van der Waals surface area contributed by atoms with Gasteiger partial charge in [-0.1, -0.05) is 85.2 Å². The van der Waals surface area contributed by atoms with E-state index in [1.807, 2.05) is 122 Å². The topological polar surface area (TPSA) is 162 Å². The maximum absolute atomic E-state index is 14.4. The van der Waals surface area contributed by atoms with Gasteiger partial charge in [0.1, 0.15) is 12.1 Å². The van der Waals surface area contributed by atoms with Crippen molar-refractivity contribution in [2.75, 3.05) is 59.1 Å². The fraction of sp³-hybridized carbons (Fsp3) is 0.646. The van der Waals surface area contributed by atoms with Crippen LogP contribution >= 0.6 is 0 Å². The van der Waals surface area contributed by atoms with E-state index in [1.165, 1.54) is 0 Å². The number of benzene rings is 2. The first kappa shape index (κ1) is 51.8. The highest BCUT2D eigenvalue weighted by Crippen LogP contribution is 2.30. The Hall–Kier alpha value is -4.53. The minimum atomic E-state index is -0.882. The molecule has 62 heavy (non-hydrogen) atoms. The van der Waals surface area contributed by atoms with Crippen LogP contribution in [0.4, 0.5) is 11.4 Å². The number of hydrogen-bond acceptors (Lipinski definition) is 9. The molecule has 346 valence electrons. The maximum Gasteiger partial charge on any atom is 0.247 e. The Morgan fingerprint density at radius 2 is 1.42 bits per heavy atom. The Kier molecular flexibility index (Phi) is 20.8. The molecule has 14 heteroatoms. The van der Waals surface area contributed by atoms with E-state index in [2.05, 4.69) is 21.3 Å². The molecule has 5 amide bonds. The van der Waals surface area contributed by atoms with E-state index >= 15 is 0 Å². The number of likely N-dealkylation sites (tertiary alicyclic amines) is 1. The van der Waals surface area contributed by atoms with Crippen molar-refractivity contribution in [3.05, 3.63) is 60.2 Å². The van der Waals surface area contributed by atoms with Gasteiger partial charge in [0.25, 0.3) is 0 Å². The minimum Gasteiger partial charge on any atom is -0.385 e. The number of carbonyl (C=O) groups excluding carboxylic acids is 5. The summed E-state index contributed by atoms with van der Waals surface area (Å²) in [5.74, 6) is -2.24. The van der Waals surface area contributed by atoms with Crippen molar-refractivity contribution in [2.24, 2.45) is 23.7 Å². The van der Waals surface area contributed by atoms with Crippen LogP contribution in [0.2, 0.25) is 0 Å². The summed E-state index contributed by atoms with van der Waals surface area (Å²) in [5.41, 5.74) is 2.44. The third kappa shape index (κ3) is 14.0. The molecule has 0 aromatic heterocycles. The first-order valence-electron chi connectivity index (χ1n) is 22.5. The molecule has 4 N–H and O–H groups in total. The molecule has 9 atom stereocenters. The molecule has 1 saturated heterocycles. The van der Waals surface area contributed by atoms with Gasteiger partial charge in [-0.3, -0.25) is 28.9 Å².